The van der Waals surface area contributed by atoms with Gasteiger partial charge in [0.1, 0.15) is 0 Å². The van der Waals surface area contributed by atoms with Gasteiger partial charge in [-0.2, -0.15) is 0 Å². The van der Waals surface area contributed by atoms with Crippen molar-refractivity contribution in [2.24, 2.45) is 0 Å². The van der Waals surface area contributed by atoms with E-state index in [1.54, 1.807) is 0 Å². The molecule has 0 spiro atoms. The maximum atomic E-state index is 2.49. The Kier molecular flexibility index (Phi) is 6.66. The van der Waals surface area contributed by atoms with Crippen LogP contribution in [-0.2, 0) is 0 Å². The van der Waals surface area contributed by atoms with Gasteiger partial charge in [-0.1, -0.05) is 146 Å². The summed E-state index contributed by atoms with van der Waals surface area (Å²) in [5.74, 6) is 0. The van der Waals surface area contributed by atoms with Gasteiger partial charge in [0.25, 0.3) is 0 Å². The standard InChI is InChI=1S/C54H34N2/c1-4-13-35(14-5-1)36-23-26-40(27-24-36)55(39-18-8-3-9-19-39)41-28-30-42(31-29-41)56-47-33-25-38-17-12-22-46-49(37-15-6-2-7-16-37)51-44-21-11-10-20-43(44)45-32-34-48(56)54(52(45)51)53(47)50(38)46/h1-34H. The summed E-state index contributed by atoms with van der Waals surface area (Å²) in [5, 5.41) is 10.5. The van der Waals surface area contributed by atoms with Gasteiger partial charge < -0.3 is 9.47 Å². The third kappa shape index (κ3) is 4.44. The Morgan fingerprint density at radius 1 is 0.286 bits per heavy atom. The van der Waals surface area contributed by atoms with E-state index in [-0.39, 0.29) is 0 Å². The van der Waals surface area contributed by atoms with Crippen molar-refractivity contribution in [2.75, 3.05) is 4.90 Å². The first-order chi connectivity index (χ1) is 27.8. The Labute approximate surface area is 324 Å². The molecule has 1 aromatic heterocycles. The Balaban J connectivity index is 1.09. The van der Waals surface area contributed by atoms with Crippen molar-refractivity contribution in [2.45, 2.75) is 0 Å². The van der Waals surface area contributed by atoms with E-state index in [0.29, 0.717) is 0 Å². The van der Waals surface area contributed by atoms with E-state index in [4.69, 9.17) is 0 Å². The van der Waals surface area contributed by atoms with Gasteiger partial charge in [0.05, 0.1) is 11.0 Å². The van der Waals surface area contributed by atoms with E-state index >= 15 is 0 Å². The molecule has 0 N–H and O–H groups in total. The van der Waals surface area contributed by atoms with Gasteiger partial charge in [0, 0.05) is 39.1 Å². The lowest BCUT2D eigenvalue weighted by molar-refractivity contribution is 1.17. The molecule has 0 aliphatic heterocycles. The summed E-state index contributed by atoms with van der Waals surface area (Å²) in [7, 11) is 0. The molecule has 2 aliphatic carbocycles. The van der Waals surface area contributed by atoms with Gasteiger partial charge in [-0.3, -0.25) is 0 Å². The maximum Gasteiger partial charge on any atom is 0.0548 e. The van der Waals surface area contributed by atoms with E-state index in [1.165, 1.54) is 87.5 Å². The largest absolute Gasteiger partial charge is 0.311 e. The van der Waals surface area contributed by atoms with Gasteiger partial charge in [0.2, 0.25) is 0 Å². The molecule has 12 rings (SSSR count). The first-order valence-electron chi connectivity index (χ1n) is 19.4. The van der Waals surface area contributed by atoms with Crippen LogP contribution in [0.2, 0.25) is 0 Å². The van der Waals surface area contributed by atoms with Gasteiger partial charge in [-0.25, -0.2) is 0 Å². The first kappa shape index (κ1) is 31.0. The molecule has 260 valence electrons. The van der Waals surface area contributed by atoms with Crippen LogP contribution < -0.4 is 4.90 Å². The minimum Gasteiger partial charge on any atom is -0.311 e. The van der Waals surface area contributed by atoms with Gasteiger partial charge >= 0.3 is 0 Å². The molecule has 0 atom stereocenters. The second kappa shape index (κ2) is 12.0. The number of aromatic nitrogens is 1. The zero-order valence-corrected chi connectivity index (χ0v) is 30.5. The van der Waals surface area contributed by atoms with E-state index in [0.717, 1.165) is 22.7 Å². The third-order valence-corrected chi connectivity index (χ3v) is 11.9. The molecule has 0 fully saturated rings. The lowest BCUT2D eigenvalue weighted by Gasteiger charge is -2.26. The molecule has 0 bridgehead atoms. The zero-order valence-electron chi connectivity index (χ0n) is 30.5. The number of hydrogen-bond acceptors (Lipinski definition) is 1. The number of anilines is 3. The smallest absolute Gasteiger partial charge is 0.0548 e. The summed E-state index contributed by atoms with van der Waals surface area (Å²) < 4.78 is 2.49. The second-order valence-corrected chi connectivity index (χ2v) is 14.8. The number of fused-ring (bicyclic) bond motifs is 3. The van der Waals surface area contributed by atoms with Gasteiger partial charge in [0.15, 0.2) is 0 Å². The fourth-order valence-corrected chi connectivity index (χ4v) is 9.52. The summed E-state index contributed by atoms with van der Waals surface area (Å²) in [6.07, 6.45) is 0. The molecule has 2 aliphatic rings. The Morgan fingerprint density at radius 2 is 0.821 bits per heavy atom. The molecular formula is C54H34N2. The molecule has 10 aromatic rings. The molecule has 0 unspecified atom stereocenters. The highest BCUT2D eigenvalue weighted by atomic mass is 15.1. The van der Waals surface area contributed by atoms with Crippen LogP contribution in [0.3, 0.4) is 0 Å². The molecule has 9 aromatic carbocycles. The SMILES string of the molecule is c1ccc(-c2ccc(N(c3ccccc3)c3ccc(-n4c5ccc6c7c5c5c8c(cccc8c(-c8ccccc8)c-7c7ccccc76)ccc54)cc3)cc2)cc1. The van der Waals surface area contributed by atoms with Crippen molar-refractivity contribution in [3.63, 3.8) is 0 Å². The summed E-state index contributed by atoms with van der Waals surface area (Å²) in [6.45, 7) is 0. The second-order valence-electron chi connectivity index (χ2n) is 14.8. The Morgan fingerprint density at radius 3 is 1.55 bits per heavy atom. The molecule has 2 nitrogen and oxygen atoms in total. The minimum atomic E-state index is 1.11. The van der Waals surface area contributed by atoms with Crippen molar-refractivity contribution in [3.8, 4) is 39.1 Å². The van der Waals surface area contributed by atoms with Crippen LogP contribution in [0.15, 0.2) is 206 Å². The zero-order chi connectivity index (χ0) is 36.7. The first-order valence-corrected chi connectivity index (χ1v) is 19.4. The number of rotatable bonds is 6. The molecular weight excluding hydrogens is 677 g/mol. The number of para-hydroxylation sites is 1. The van der Waals surface area contributed by atoms with E-state index in [9.17, 15) is 0 Å². The van der Waals surface area contributed by atoms with Crippen molar-refractivity contribution in [1.29, 1.82) is 0 Å². The van der Waals surface area contributed by atoms with Gasteiger partial charge in [-0.15, -0.1) is 0 Å². The van der Waals surface area contributed by atoms with E-state index in [2.05, 4.69) is 216 Å². The van der Waals surface area contributed by atoms with Crippen molar-refractivity contribution < 1.29 is 0 Å². The van der Waals surface area contributed by atoms with Crippen molar-refractivity contribution in [3.05, 3.63) is 206 Å². The van der Waals surface area contributed by atoms with Crippen molar-refractivity contribution >= 4 is 71.2 Å². The monoisotopic (exact) mass is 710 g/mol. The molecule has 56 heavy (non-hydrogen) atoms. The van der Waals surface area contributed by atoms with Crippen LogP contribution in [0.5, 0.6) is 0 Å². The van der Waals surface area contributed by atoms with Crippen LogP contribution in [0.1, 0.15) is 0 Å². The normalized spacial score (nSPS) is 11.9. The maximum absolute atomic E-state index is 2.49. The molecule has 0 saturated carbocycles. The molecule has 1 heterocycles. The Hall–Kier alpha value is -7.42. The van der Waals surface area contributed by atoms with Gasteiger partial charge in [-0.05, 0) is 121 Å². The highest BCUT2D eigenvalue weighted by molar-refractivity contribution is 6.39. The number of benzene rings is 9. The predicted octanol–water partition coefficient (Wildman–Crippen LogP) is 15.0. The van der Waals surface area contributed by atoms with E-state index in [1.807, 2.05) is 0 Å². The fraction of sp³-hybridized carbons (Fsp3) is 0. The number of nitrogens with zero attached hydrogens (tertiary/aromatic N) is 2. The highest BCUT2D eigenvalue weighted by Gasteiger charge is 2.29. The van der Waals surface area contributed by atoms with Crippen LogP contribution in [-0.4, -0.2) is 4.57 Å². The van der Waals surface area contributed by atoms with Crippen LogP contribution in [0, 0.1) is 0 Å². The van der Waals surface area contributed by atoms with Crippen LogP contribution >= 0.6 is 0 Å². The van der Waals surface area contributed by atoms with Crippen LogP contribution in [0.25, 0.3) is 93.2 Å². The highest BCUT2D eigenvalue weighted by Crippen LogP contribution is 2.55. The number of hydrogen-bond donors (Lipinski definition) is 0. The summed E-state index contributed by atoms with van der Waals surface area (Å²) >= 11 is 0. The minimum absolute atomic E-state index is 1.11. The lowest BCUT2D eigenvalue weighted by Crippen LogP contribution is -2.10. The molecule has 2 heteroatoms. The van der Waals surface area contributed by atoms with Crippen molar-refractivity contribution in [1.82, 2.24) is 4.57 Å². The molecule has 0 saturated heterocycles. The quantitative estimate of drug-likeness (QED) is 0.167. The summed E-state index contributed by atoms with van der Waals surface area (Å²) in [5.41, 5.74) is 14.6. The predicted molar refractivity (Wildman–Crippen MR) is 238 cm³/mol. The topological polar surface area (TPSA) is 8.17 Å². The summed E-state index contributed by atoms with van der Waals surface area (Å²) in [4.78, 5) is 2.34. The average Bonchev–Trinajstić information content (AvgIpc) is 3.74. The average molecular weight is 711 g/mol. The Bertz CT molecular complexity index is 3310. The van der Waals surface area contributed by atoms with Crippen LogP contribution in [0.4, 0.5) is 17.1 Å². The van der Waals surface area contributed by atoms with E-state index < -0.39 is 0 Å². The fourth-order valence-electron chi connectivity index (χ4n) is 9.52. The molecule has 0 radical (unpaired) electrons. The third-order valence-electron chi connectivity index (χ3n) is 11.9. The summed E-state index contributed by atoms with van der Waals surface area (Å²) in [6, 6.07) is 75.4. The lowest BCUT2D eigenvalue weighted by atomic mass is 9.92. The molecule has 0 amide bonds.